The van der Waals surface area contributed by atoms with Gasteiger partial charge in [-0.05, 0) is 30.5 Å². The molecular formula is C19H19N5O4S. The van der Waals surface area contributed by atoms with Gasteiger partial charge in [-0.15, -0.1) is 11.3 Å². The summed E-state index contributed by atoms with van der Waals surface area (Å²) in [7, 11) is 0. The lowest BCUT2D eigenvalue weighted by atomic mass is 10.0. The topological polar surface area (TPSA) is 121 Å². The highest BCUT2D eigenvalue weighted by molar-refractivity contribution is 7.13. The SMILES string of the molecule is Cc1csc(NC(=O)NCc2ccc3c(c2)C(=O)N(C2CCC(=O)NC2=O)C3)n1. The van der Waals surface area contributed by atoms with E-state index in [4.69, 9.17) is 0 Å². The Bertz CT molecular complexity index is 1020. The molecule has 2 aliphatic rings. The van der Waals surface area contributed by atoms with Gasteiger partial charge in [-0.2, -0.15) is 0 Å². The summed E-state index contributed by atoms with van der Waals surface area (Å²) in [6.07, 6.45) is 0.550. The average Bonchev–Trinajstić information content (AvgIpc) is 3.23. The molecule has 10 heteroatoms. The van der Waals surface area contributed by atoms with E-state index in [9.17, 15) is 19.2 Å². The van der Waals surface area contributed by atoms with E-state index in [-0.39, 0.29) is 30.8 Å². The molecule has 9 nitrogen and oxygen atoms in total. The molecule has 3 N–H and O–H groups in total. The molecule has 0 aliphatic carbocycles. The minimum absolute atomic E-state index is 0.222. The number of hydrogen-bond donors (Lipinski definition) is 3. The van der Waals surface area contributed by atoms with Crippen LogP contribution in [0.2, 0.25) is 0 Å². The summed E-state index contributed by atoms with van der Waals surface area (Å²) in [5, 5.41) is 10.1. The molecule has 29 heavy (non-hydrogen) atoms. The molecule has 5 amide bonds. The number of aryl methyl sites for hydroxylation is 1. The second kappa shape index (κ2) is 7.63. The van der Waals surface area contributed by atoms with Crippen LogP contribution in [0.3, 0.4) is 0 Å². The summed E-state index contributed by atoms with van der Waals surface area (Å²) in [5.74, 6) is -0.979. The van der Waals surface area contributed by atoms with Gasteiger partial charge in [0, 0.05) is 30.5 Å². The highest BCUT2D eigenvalue weighted by atomic mass is 32.1. The molecule has 1 saturated heterocycles. The first-order chi connectivity index (χ1) is 13.9. The van der Waals surface area contributed by atoms with Crippen molar-refractivity contribution in [1.82, 2.24) is 20.5 Å². The highest BCUT2D eigenvalue weighted by Crippen LogP contribution is 2.28. The summed E-state index contributed by atoms with van der Waals surface area (Å²) in [4.78, 5) is 53.9. The summed E-state index contributed by atoms with van der Waals surface area (Å²) >= 11 is 1.34. The van der Waals surface area contributed by atoms with Crippen LogP contribution in [0.4, 0.5) is 9.93 Å². The highest BCUT2D eigenvalue weighted by Gasteiger charge is 2.39. The zero-order chi connectivity index (χ0) is 20.5. The fourth-order valence-electron chi connectivity index (χ4n) is 3.45. The predicted molar refractivity (Wildman–Crippen MR) is 105 cm³/mol. The van der Waals surface area contributed by atoms with Crippen molar-refractivity contribution in [1.29, 1.82) is 0 Å². The van der Waals surface area contributed by atoms with Crippen LogP contribution in [0.15, 0.2) is 23.6 Å². The van der Waals surface area contributed by atoms with Crippen LogP contribution in [0, 0.1) is 6.92 Å². The third-order valence-corrected chi connectivity index (χ3v) is 5.76. The number of carbonyl (C=O) groups excluding carboxylic acids is 4. The number of benzene rings is 1. The number of thiazole rings is 1. The third-order valence-electron chi connectivity index (χ3n) is 4.89. The molecule has 1 unspecified atom stereocenters. The number of piperidine rings is 1. The Morgan fingerprint density at radius 3 is 2.90 bits per heavy atom. The smallest absolute Gasteiger partial charge is 0.321 e. The molecule has 0 saturated carbocycles. The van der Waals surface area contributed by atoms with Gasteiger partial charge < -0.3 is 10.2 Å². The lowest BCUT2D eigenvalue weighted by Gasteiger charge is -2.29. The van der Waals surface area contributed by atoms with Gasteiger partial charge in [0.1, 0.15) is 6.04 Å². The Balaban J connectivity index is 1.39. The first-order valence-electron chi connectivity index (χ1n) is 9.14. The second-order valence-electron chi connectivity index (χ2n) is 6.99. The molecule has 2 aromatic rings. The summed E-state index contributed by atoms with van der Waals surface area (Å²) < 4.78 is 0. The number of nitrogens with zero attached hydrogens (tertiary/aromatic N) is 2. The zero-order valence-electron chi connectivity index (χ0n) is 15.7. The molecular weight excluding hydrogens is 394 g/mol. The first kappa shape index (κ1) is 19.1. The molecule has 1 aromatic heterocycles. The van der Waals surface area contributed by atoms with Gasteiger partial charge in [0.15, 0.2) is 5.13 Å². The van der Waals surface area contributed by atoms with E-state index in [0.717, 1.165) is 16.8 Å². The van der Waals surface area contributed by atoms with Crippen molar-refractivity contribution in [2.24, 2.45) is 0 Å². The van der Waals surface area contributed by atoms with E-state index in [0.29, 0.717) is 23.7 Å². The van der Waals surface area contributed by atoms with Crippen LogP contribution in [-0.2, 0) is 22.7 Å². The fourth-order valence-corrected chi connectivity index (χ4v) is 4.13. The van der Waals surface area contributed by atoms with Crippen LogP contribution in [0.5, 0.6) is 0 Å². The van der Waals surface area contributed by atoms with Crippen molar-refractivity contribution in [3.05, 3.63) is 46.0 Å². The molecule has 1 atom stereocenters. The van der Waals surface area contributed by atoms with Gasteiger partial charge in [-0.25, -0.2) is 9.78 Å². The van der Waals surface area contributed by atoms with E-state index in [2.05, 4.69) is 20.9 Å². The fraction of sp³-hybridized carbons (Fsp3) is 0.316. The standard InChI is InChI=1S/C19H19N5O4S/c1-10-9-29-19(21-10)23-18(28)20-7-11-2-3-12-8-24(17(27)13(12)6-11)14-4-5-15(25)22-16(14)26/h2-3,6,9,14H,4-5,7-8H2,1H3,(H,22,25,26)(H2,20,21,23,28). The Morgan fingerprint density at radius 2 is 2.17 bits per heavy atom. The molecule has 0 radical (unpaired) electrons. The van der Waals surface area contributed by atoms with E-state index < -0.39 is 11.9 Å². The number of rotatable bonds is 4. The Kier molecular flexibility index (Phi) is 5.01. The van der Waals surface area contributed by atoms with Crippen LogP contribution >= 0.6 is 11.3 Å². The van der Waals surface area contributed by atoms with Crippen LogP contribution in [-0.4, -0.2) is 39.7 Å². The summed E-state index contributed by atoms with van der Waals surface area (Å²) in [5.41, 5.74) is 2.95. The first-order valence-corrected chi connectivity index (χ1v) is 10.0. The molecule has 1 fully saturated rings. The number of aromatic nitrogens is 1. The monoisotopic (exact) mass is 413 g/mol. The average molecular weight is 413 g/mol. The molecule has 4 rings (SSSR count). The molecule has 3 heterocycles. The van der Waals surface area contributed by atoms with Crippen molar-refractivity contribution in [2.45, 2.75) is 38.9 Å². The zero-order valence-corrected chi connectivity index (χ0v) is 16.5. The number of amides is 5. The van der Waals surface area contributed by atoms with Crippen LogP contribution in [0.1, 0.15) is 40.0 Å². The normalized spacial score (nSPS) is 18.4. The molecule has 1 aromatic carbocycles. The van der Waals surface area contributed by atoms with E-state index in [1.165, 1.54) is 16.2 Å². The number of carbonyl (C=O) groups is 4. The van der Waals surface area contributed by atoms with Crippen molar-refractivity contribution in [3.63, 3.8) is 0 Å². The van der Waals surface area contributed by atoms with E-state index in [1.54, 1.807) is 6.07 Å². The van der Waals surface area contributed by atoms with Gasteiger partial charge in [0.2, 0.25) is 11.8 Å². The van der Waals surface area contributed by atoms with Gasteiger partial charge >= 0.3 is 6.03 Å². The molecule has 150 valence electrons. The van der Waals surface area contributed by atoms with Crippen LogP contribution in [0.25, 0.3) is 0 Å². The van der Waals surface area contributed by atoms with Gasteiger partial charge in [0.25, 0.3) is 5.91 Å². The third kappa shape index (κ3) is 3.97. The maximum Gasteiger partial charge on any atom is 0.321 e. The lowest BCUT2D eigenvalue weighted by Crippen LogP contribution is -2.52. The molecule has 0 bridgehead atoms. The van der Waals surface area contributed by atoms with Crippen molar-refractivity contribution in [2.75, 3.05) is 5.32 Å². The second-order valence-corrected chi connectivity index (χ2v) is 7.85. The van der Waals surface area contributed by atoms with Crippen LogP contribution < -0.4 is 16.0 Å². The summed E-state index contributed by atoms with van der Waals surface area (Å²) in [6, 6.07) is 4.39. The Hall–Kier alpha value is -3.27. The predicted octanol–water partition coefficient (Wildman–Crippen LogP) is 1.53. The van der Waals surface area contributed by atoms with E-state index in [1.807, 2.05) is 24.4 Å². The van der Waals surface area contributed by atoms with Crippen molar-refractivity contribution in [3.8, 4) is 0 Å². The van der Waals surface area contributed by atoms with Gasteiger partial charge in [-0.3, -0.25) is 25.0 Å². The minimum Gasteiger partial charge on any atom is -0.334 e. The maximum atomic E-state index is 12.8. The quantitative estimate of drug-likeness (QED) is 0.657. The Labute approximate surface area is 170 Å². The largest absolute Gasteiger partial charge is 0.334 e. The Morgan fingerprint density at radius 1 is 1.34 bits per heavy atom. The molecule has 2 aliphatic heterocycles. The van der Waals surface area contributed by atoms with Gasteiger partial charge in [0.05, 0.1) is 5.69 Å². The number of anilines is 1. The van der Waals surface area contributed by atoms with Crippen molar-refractivity contribution < 1.29 is 19.2 Å². The van der Waals surface area contributed by atoms with Crippen molar-refractivity contribution >= 4 is 40.2 Å². The number of imide groups is 1. The maximum absolute atomic E-state index is 12.8. The summed E-state index contributed by atoms with van der Waals surface area (Å²) in [6.45, 7) is 2.42. The van der Waals surface area contributed by atoms with E-state index >= 15 is 0 Å². The number of urea groups is 1. The minimum atomic E-state index is -0.637. The number of hydrogen-bond acceptors (Lipinski definition) is 6. The molecule has 0 spiro atoms. The lowest BCUT2D eigenvalue weighted by molar-refractivity contribution is -0.136. The number of fused-ring (bicyclic) bond motifs is 1. The number of nitrogens with one attached hydrogen (secondary N) is 3. The van der Waals surface area contributed by atoms with Gasteiger partial charge in [-0.1, -0.05) is 12.1 Å².